The zero-order valence-corrected chi connectivity index (χ0v) is 7.31. The number of hydrogen-bond acceptors (Lipinski definition) is 2. The third-order valence-electron chi connectivity index (χ3n) is 1.64. The van der Waals surface area contributed by atoms with Crippen LogP contribution in [0.4, 0.5) is 0 Å². The van der Waals surface area contributed by atoms with Crippen LogP contribution in [0.1, 0.15) is 23.2 Å². The van der Waals surface area contributed by atoms with Crippen LogP contribution in [0, 0.1) is 0 Å². The van der Waals surface area contributed by atoms with Gasteiger partial charge in [0.2, 0.25) is 0 Å². The minimum absolute atomic E-state index is 0.331. The summed E-state index contributed by atoms with van der Waals surface area (Å²) >= 11 is 0. The molecule has 1 aliphatic carbocycles. The van der Waals surface area contributed by atoms with E-state index in [0.29, 0.717) is 11.6 Å². The summed E-state index contributed by atoms with van der Waals surface area (Å²) in [5.74, 6) is -0.879. The number of carboxylic acids is 1. The molecular weight excluding hydrogens is 166 g/mol. The molecule has 0 aromatic heterocycles. The average Bonchev–Trinajstić information content (AvgIpc) is 2.90. The number of benzene rings is 1. The molecule has 3 N–H and O–H groups in total. The molecule has 1 fully saturated rings. The summed E-state index contributed by atoms with van der Waals surface area (Å²) in [6.45, 7) is 0. The number of nitrogens with two attached hydrogens (primary N) is 1. The van der Waals surface area contributed by atoms with Crippen molar-refractivity contribution >= 4 is 5.97 Å². The smallest absolute Gasteiger partial charge is 0.335 e. The lowest BCUT2D eigenvalue weighted by Crippen LogP contribution is -1.94. The summed E-state index contributed by atoms with van der Waals surface area (Å²) in [6.07, 6.45) is 2.53. The number of hydrogen-bond donors (Lipinski definition) is 2. The second kappa shape index (κ2) is 4.62. The molecule has 0 radical (unpaired) electrons. The Labute approximate surface area is 77.2 Å². The molecule has 0 atom stereocenters. The maximum absolute atomic E-state index is 10.2. The SMILES string of the molecule is NC1CC1.O=C(O)c1ccccc1. The van der Waals surface area contributed by atoms with Gasteiger partial charge in [0.1, 0.15) is 0 Å². The highest BCUT2D eigenvalue weighted by Gasteiger charge is 2.13. The monoisotopic (exact) mass is 179 g/mol. The third kappa shape index (κ3) is 4.28. The largest absolute Gasteiger partial charge is 0.478 e. The Bertz CT molecular complexity index is 268. The van der Waals surface area contributed by atoms with E-state index in [1.807, 2.05) is 0 Å². The van der Waals surface area contributed by atoms with Gasteiger partial charge < -0.3 is 10.8 Å². The second-order valence-electron chi connectivity index (χ2n) is 3.01. The first-order valence-corrected chi connectivity index (χ1v) is 4.24. The van der Waals surface area contributed by atoms with E-state index in [0.717, 1.165) is 0 Å². The topological polar surface area (TPSA) is 63.3 Å². The molecule has 0 spiro atoms. The Morgan fingerprint density at radius 1 is 1.31 bits per heavy atom. The van der Waals surface area contributed by atoms with Gasteiger partial charge in [0, 0.05) is 6.04 Å². The van der Waals surface area contributed by atoms with Crippen molar-refractivity contribution in [3.63, 3.8) is 0 Å². The fourth-order valence-electron chi connectivity index (χ4n) is 0.677. The first-order valence-electron chi connectivity index (χ1n) is 4.24. The summed E-state index contributed by atoms with van der Waals surface area (Å²) in [4.78, 5) is 10.2. The van der Waals surface area contributed by atoms with Gasteiger partial charge in [-0.25, -0.2) is 4.79 Å². The molecule has 1 aromatic rings. The van der Waals surface area contributed by atoms with Gasteiger partial charge in [-0.1, -0.05) is 18.2 Å². The minimum atomic E-state index is -0.879. The third-order valence-corrected chi connectivity index (χ3v) is 1.64. The highest BCUT2D eigenvalue weighted by molar-refractivity contribution is 5.87. The molecular formula is C10H13NO2. The van der Waals surface area contributed by atoms with Gasteiger partial charge in [-0.3, -0.25) is 0 Å². The molecule has 70 valence electrons. The molecule has 0 aliphatic heterocycles. The number of carboxylic acid groups (broad SMARTS) is 1. The molecule has 3 heteroatoms. The van der Waals surface area contributed by atoms with Crippen LogP contribution in [-0.4, -0.2) is 17.1 Å². The van der Waals surface area contributed by atoms with Crippen LogP contribution in [0.2, 0.25) is 0 Å². The Kier molecular flexibility index (Phi) is 3.46. The van der Waals surface area contributed by atoms with Crippen molar-refractivity contribution in [3.8, 4) is 0 Å². The highest BCUT2D eigenvalue weighted by atomic mass is 16.4. The highest BCUT2D eigenvalue weighted by Crippen LogP contribution is 2.13. The summed E-state index contributed by atoms with van der Waals surface area (Å²) in [7, 11) is 0. The van der Waals surface area contributed by atoms with E-state index >= 15 is 0 Å². The van der Waals surface area contributed by atoms with E-state index in [1.54, 1.807) is 30.3 Å². The molecule has 0 heterocycles. The summed E-state index contributed by atoms with van der Waals surface area (Å²) in [6, 6.07) is 8.88. The Morgan fingerprint density at radius 2 is 1.77 bits per heavy atom. The normalized spacial score (nSPS) is 14.2. The summed E-state index contributed by atoms with van der Waals surface area (Å²) in [5.41, 5.74) is 5.55. The zero-order valence-electron chi connectivity index (χ0n) is 7.31. The molecule has 13 heavy (non-hydrogen) atoms. The van der Waals surface area contributed by atoms with E-state index in [-0.39, 0.29) is 0 Å². The fourth-order valence-corrected chi connectivity index (χ4v) is 0.677. The van der Waals surface area contributed by atoms with Crippen LogP contribution in [0.5, 0.6) is 0 Å². The van der Waals surface area contributed by atoms with Gasteiger partial charge in [-0.15, -0.1) is 0 Å². The van der Waals surface area contributed by atoms with E-state index in [1.165, 1.54) is 12.8 Å². The summed E-state index contributed by atoms with van der Waals surface area (Å²) in [5, 5.41) is 8.38. The molecule has 1 saturated carbocycles. The van der Waals surface area contributed by atoms with Gasteiger partial charge in [-0.2, -0.15) is 0 Å². The first-order chi connectivity index (χ1) is 6.20. The van der Waals surface area contributed by atoms with Crippen LogP contribution < -0.4 is 5.73 Å². The van der Waals surface area contributed by atoms with E-state index in [9.17, 15) is 4.79 Å². The van der Waals surface area contributed by atoms with Crippen molar-refractivity contribution in [2.75, 3.05) is 0 Å². The van der Waals surface area contributed by atoms with Crippen molar-refractivity contribution in [2.45, 2.75) is 18.9 Å². The van der Waals surface area contributed by atoms with E-state index < -0.39 is 5.97 Å². The molecule has 0 amide bonds. The fraction of sp³-hybridized carbons (Fsp3) is 0.300. The molecule has 0 bridgehead atoms. The summed E-state index contributed by atoms with van der Waals surface area (Å²) < 4.78 is 0. The molecule has 2 rings (SSSR count). The maximum atomic E-state index is 10.2. The van der Waals surface area contributed by atoms with Gasteiger partial charge in [0.15, 0.2) is 0 Å². The maximum Gasteiger partial charge on any atom is 0.335 e. The Morgan fingerprint density at radius 3 is 2.00 bits per heavy atom. The zero-order chi connectivity index (χ0) is 9.68. The van der Waals surface area contributed by atoms with Crippen LogP contribution in [-0.2, 0) is 0 Å². The van der Waals surface area contributed by atoms with Crippen molar-refractivity contribution in [2.24, 2.45) is 5.73 Å². The van der Waals surface area contributed by atoms with Crippen LogP contribution >= 0.6 is 0 Å². The van der Waals surface area contributed by atoms with Crippen molar-refractivity contribution in [1.82, 2.24) is 0 Å². The predicted molar refractivity (Wildman–Crippen MR) is 50.6 cm³/mol. The van der Waals surface area contributed by atoms with Crippen molar-refractivity contribution in [1.29, 1.82) is 0 Å². The van der Waals surface area contributed by atoms with Crippen molar-refractivity contribution < 1.29 is 9.90 Å². The van der Waals surface area contributed by atoms with Gasteiger partial charge in [0.25, 0.3) is 0 Å². The average molecular weight is 179 g/mol. The standard InChI is InChI=1S/C7H6O2.C3H7N/c8-7(9)6-4-2-1-3-5-6;4-3-1-2-3/h1-5H,(H,8,9);3H,1-2,4H2. The number of aromatic carboxylic acids is 1. The minimum Gasteiger partial charge on any atom is -0.478 e. The van der Waals surface area contributed by atoms with Crippen LogP contribution in [0.3, 0.4) is 0 Å². The molecule has 1 aliphatic rings. The van der Waals surface area contributed by atoms with E-state index in [2.05, 4.69) is 0 Å². The van der Waals surface area contributed by atoms with Crippen molar-refractivity contribution in [3.05, 3.63) is 35.9 Å². The molecule has 1 aromatic carbocycles. The molecule has 0 saturated heterocycles. The number of rotatable bonds is 1. The van der Waals surface area contributed by atoms with Gasteiger partial charge in [0.05, 0.1) is 5.56 Å². The quantitative estimate of drug-likeness (QED) is 0.686. The lowest BCUT2D eigenvalue weighted by Gasteiger charge is -1.88. The van der Waals surface area contributed by atoms with Gasteiger partial charge >= 0.3 is 5.97 Å². The predicted octanol–water partition coefficient (Wildman–Crippen LogP) is 1.49. The van der Waals surface area contributed by atoms with E-state index in [4.69, 9.17) is 10.8 Å². The lowest BCUT2D eigenvalue weighted by molar-refractivity contribution is 0.0697. The second-order valence-corrected chi connectivity index (χ2v) is 3.01. The molecule has 0 unspecified atom stereocenters. The van der Waals surface area contributed by atoms with Crippen LogP contribution in [0.15, 0.2) is 30.3 Å². The lowest BCUT2D eigenvalue weighted by atomic mass is 10.2. The Hall–Kier alpha value is -1.35. The van der Waals surface area contributed by atoms with Gasteiger partial charge in [-0.05, 0) is 25.0 Å². The molecule has 3 nitrogen and oxygen atoms in total. The van der Waals surface area contributed by atoms with Crippen LogP contribution in [0.25, 0.3) is 0 Å². The Balaban J connectivity index is 0.000000175. The number of carbonyl (C=O) groups is 1. The first kappa shape index (κ1) is 9.74.